The van der Waals surface area contributed by atoms with Crippen LogP contribution in [0, 0.1) is 0 Å². The predicted octanol–water partition coefficient (Wildman–Crippen LogP) is 1.40. The van der Waals surface area contributed by atoms with Gasteiger partial charge in [0.1, 0.15) is 12.1 Å². The molecule has 0 bridgehead atoms. The largest absolute Gasteiger partial charge is 1.00 e. The summed E-state index contributed by atoms with van der Waals surface area (Å²) in [6.07, 6.45) is 11.2. The quantitative estimate of drug-likeness (QED) is 0.140. The number of quaternary nitrogens is 2. The summed E-state index contributed by atoms with van der Waals surface area (Å²) >= 11 is 0. The third-order valence-electron chi connectivity index (χ3n) is 7.87. The van der Waals surface area contributed by atoms with E-state index in [0.717, 1.165) is 28.9 Å². The molecule has 0 spiro atoms. The molecule has 0 N–H and O–H groups in total. The Bertz CT molecular complexity index is 703. The molecule has 0 radical (unpaired) electrons. The van der Waals surface area contributed by atoms with E-state index in [0.29, 0.717) is 0 Å². The van der Waals surface area contributed by atoms with E-state index in [1.807, 2.05) is 0 Å². The number of rotatable bonds is 17. The Labute approximate surface area is 238 Å². The molecule has 0 aliphatic rings. The normalized spacial score (nSPS) is 13.4. The van der Waals surface area contributed by atoms with E-state index in [4.69, 9.17) is 4.42 Å². The molecule has 1 heterocycles. The number of furan rings is 1. The van der Waals surface area contributed by atoms with Crippen LogP contribution in [0.4, 0.5) is 0 Å². The summed E-state index contributed by atoms with van der Waals surface area (Å²) < 4.78 is 8.47. The van der Waals surface area contributed by atoms with Crippen LogP contribution in [0.15, 0.2) is 34.7 Å². The zero-order chi connectivity index (χ0) is 22.6. The molecule has 33 heavy (non-hydrogen) atoms. The van der Waals surface area contributed by atoms with Gasteiger partial charge >= 0.3 is 0 Å². The zero-order valence-electron chi connectivity index (χ0n) is 22.1. The third-order valence-corrected chi connectivity index (χ3v) is 7.87. The van der Waals surface area contributed by atoms with Crippen LogP contribution in [0.1, 0.15) is 84.8 Å². The van der Waals surface area contributed by atoms with Crippen molar-refractivity contribution in [3.63, 3.8) is 0 Å². The molecule has 1 unspecified atom stereocenters. The number of para-hydroxylation sites is 1. The van der Waals surface area contributed by atoms with Gasteiger partial charge in [-0.15, -0.1) is 0 Å². The van der Waals surface area contributed by atoms with Crippen LogP contribution in [-0.4, -0.2) is 55.3 Å². The lowest BCUT2D eigenvalue weighted by molar-refractivity contribution is -0.923. The van der Waals surface area contributed by atoms with E-state index >= 15 is 0 Å². The average Bonchev–Trinajstić information content (AvgIpc) is 3.20. The molecular weight excluding hydrogens is 634 g/mol. The average molecular weight is 685 g/mol. The van der Waals surface area contributed by atoms with Gasteiger partial charge in [0, 0.05) is 5.39 Å². The van der Waals surface area contributed by atoms with Crippen molar-refractivity contribution >= 4 is 11.0 Å². The summed E-state index contributed by atoms with van der Waals surface area (Å²) in [6.45, 7) is 18.0. The maximum atomic E-state index is 6.08. The molecule has 1 atom stereocenters. The van der Waals surface area contributed by atoms with E-state index in [1.54, 1.807) is 0 Å². The molecule has 1 aromatic heterocycles. The van der Waals surface area contributed by atoms with Gasteiger partial charge in [0.15, 0.2) is 5.76 Å². The van der Waals surface area contributed by atoms with Crippen molar-refractivity contribution in [2.45, 2.75) is 85.6 Å². The molecule has 0 aliphatic heterocycles. The molecule has 5 heteroatoms. The lowest BCUT2D eigenvalue weighted by Gasteiger charge is -2.35. The number of nitrogens with zero attached hydrogens (tertiary/aromatic N) is 2. The van der Waals surface area contributed by atoms with Gasteiger partial charge in [-0.05, 0) is 65.5 Å². The maximum Gasteiger partial charge on any atom is 0.159 e. The highest BCUT2D eigenvalue weighted by Gasteiger charge is 2.22. The van der Waals surface area contributed by atoms with E-state index in [2.05, 4.69) is 65.1 Å². The first-order valence-corrected chi connectivity index (χ1v) is 13.2. The molecule has 0 saturated carbocycles. The first kappa shape index (κ1) is 33.1. The molecule has 192 valence electrons. The summed E-state index contributed by atoms with van der Waals surface area (Å²) in [6, 6.07) is 10.6. The van der Waals surface area contributed by atoms with Crippen LogP contribution in [0.25, 0.3) is 11.0 Å². The fourth-order valence-electron chi connectivity index (χ4n) is 4.99. The number of fused-ring (bicyclic) bond motifs is 1. The summed E-state index contributed by atoms with van der Waals surface area (Å²) in [5.74, 6) is 1.13. The Kier molecular flexibility index (Phi) is 17.6. The van der Waals surface area contributed by atoms with Gasteiger partial charge in [0.05, 0.1) is 46.3 Å². The molecule has 3 nitrogen and oxygen atoms in total. The summed E-state index contributed by atoms with van der Waals surface area (Å²) in [7, 11) is 2.38. The van der Waals surface area contributed by atoms with Gasteiger partial charge < -0.3 is 61.3 Å². The molecule has 0 aliphatic carbocycles. The van der Waals surface area contributed by atoms with Crippen molar-refractivity contribution in [3.8, 4) is 0 Å². The monoisotopic (exact) mass is 684 g/mol. The first-order chi connectivity index (χ1) is 15.0. The number of halogens is 2. The minimum Gasteiger partial charge on any atom is -1.00 e. The number of benzene rings is 1. The van der Waals surface area contributed by atoms with Gasteiger partial charge in [-0.1, -0.05) is 43.9 Å². The van der Waals surface area contributed by atoms with Crippen LogP contribution in [0.3, 0.4) is 0 Å². The van der Waals surface area contributed by atoms with E-state index in [9.17, 15) is 0 Å². The Balaban J connectivity index is 0.00000512. The zero-order valence-corrected chi connectivity index (χ0v) is 26.4. The highest BCUT2D eigenvalue weighted by Crippen LogP contribution is 2.22. The van der Waals surface area contributed by atoms with Crippen LogP contribution in [0.2, 0.25) is 0 Å². The lowest BCUT2D eigenvalue weighted by Crippen LogP contribution is -3.00. The van der Waals surface area contributed by atoms with Crippen LogP contribution in [0.5, 0.6) is 0 Å². The van der Waals surface area contributed by atoms with Crippen LogP contribution < -0.4 is 48.0 Å². The third kappa shape index (κ3) is 11.2. The Morgan fingerprint density at radius 1 is 0.667 bits per heavy atom. The second kappa shape index (κ2) is 17.6. The van der Waals surface area contributed by atoms with Crippen LogP contribution in [-0.2, 0) is 6.54 Å². The van der Waals surface area contributed by atoms with Gasteiger partial charge in [-0.2, -0.15) is 0 Å². The molecule has 2 aromatic rings. The maximum absolute atomic E-state index is 6.08. The molecule has 0 fully saturated rings. The van der Waals surface area contributed by atoms with Crippen molar-refractivity contribution in [2.75, 3.05) is 46.3 Å². The number of hydrogen-bond donors (Lipinski definition) is 0. The second-order valence-corrected chi connectivity index (χ2v) is 9.91. The molecular formula is C28H50I2N2O. The standard InChI is InChI=1S/C28H50N2O.2HI/c1-6-29(5,25-27-24-26-20-16-17-21-28(26)31-27)22-18-14-12-10-11-13-15-19-23-30(7-2,8-3)9-4;;/h16-17,20-21,24H,6-15,18-19,22-23,25H2,1-5H3;2*1H/q+2;;/p-2. The Hall–Kier alpha value is 0.140. The van der Waals surface area contributed by atoms with Crippen LogP contribution >= 0.6 is 0 Å². The van der Waals surface area contributed by atoms with Gasteiger partial charge in [0.25, 0.3) is 0 Å². The molecule has 1 aromatic carbocycles. The van der Waals surface area contributed by atoms with E-state index in [-0.39, 0.29) is 48.0 Å². The number of unbranched alkanes of at least 4 members (excludes halogenated alkanes) is 7. The molecule has 0 saturated heterocycles. The predicted molar refractivity (Wildman–Crippen MR) is 135 cm³/mol. The topological polar surface area (TPSA) is 13.1 Å². The SMILES string of the molecule is CC[N+](C)(CCCCCCCCCC[N+](CC)(CC)CC)Cc1cc2ccccc2o1.[I-].[I-]. The number of hydrogen-bond acceptors (Lipinski definition) is 1. The highest BCUT2D eigenvalue weighted by atomic mass is 127. The summed E-state index contributed by atoms with van der Waals surface area (Å²) in [4.78, 5) is 0. The smallest absolute Gasteiger partial charge is 0.159 e. The van der Waals surface area contributed by atoms with Gasteiger partial charge in [-0.3, -0.25) is 0 Å². The van der Waals surface area contributed by atoms with Crippen molar-refractivity contribution in [3.05, 3.63) is 36.1 Å². The Morgan fingerprint density at radius 3 is 1.70 bits per heavy atom. The van der Waals surface area contributed by atoms with Crippen molar-refractivity contribution in [1.82, 2.24) is 0 Å². The van der Waals surface area contributed by atoms with Crippen molar-refractivity contribution < 1.29 is 61.3 Å². The van der Waals surface area contributed by atoms with E-state index < -0.39 is 0 Å². The second-order valence-electron chi connectivity index (χ2n) is 9.91. The summed E-state index contributed by atoms with van der Waals surface area (Å²) in [5.41, 5.74) is 1.02. The first-order valence-electron chi connectivity index (χ1n) is 13.2. The van der Waals surface area contributed by atoms with Crippen molar-refractivity contribution in [2.24, 2.45) is 0 Å². The highest BCUT2D eigenvalue weighted by molar-refractivity contribution is 5.77. The fraction of sp³-hybridized carbons (Fsp3) is 0.714. The van der Waals surface area contributed by atoms with Gasteiger partial charge in [-0.25, -0.2) is 0 Å². The minimum atomic E-state index is 0. The summed E-state index contributed by atoms with van der Waals surface area (Å²) in [5, 5.41) is 1.23. The minimum absolute atomic E-state index is 0. The fourth-order valence-corrected chi connectivity index (χ4v) is 4.99. The lowest BCUT2D eigenvalue weighted by atomic mass is 10.1. The van der Waals surface area contributed by atoms with Gasteiger partial charge in [0.2, 0.25) is 0 Å². The molecule has 2 rings (SSSR count). The molecule has 0 amide bonds. The van der Waals surface area contributed by atoms with E-state index in [1.165, 1.54) is 94.0 Å². The van der Waals surface area contributed by atoms with Crippen molar-refractivity contribution in [1.29, 1.82) is 0 Å². The Morgan fingerprint density at radius 2 is 1.18 bits per heavy atom.